The number of fused-ring (bicyclic) bond motifs is 2. The highest BCUT2D eigenvalue weighted by Gasteiger charge is 2.30. The van der Waals surface area contributed by atoms with Crippen molar-refractivity contribution in [3.63, 3.8) is 0 Å². The van der Waals surface area contributed by atoms with Crippen molar-refractivity contribution in [2.24, 2.45) is 0 Å². The van der Waals surface area contributed by atoms with Crippen LogP contribution in [0.15, 0.2) is 12.1 Å². The topological polar surface area (TPSA) is 134 Å². The van der Waals surface area contributed by atoms with E-state index in [0.717, 1.165) is 0 Å². The van der Waals surface area contributed by atoms with Gasteiger partial charge in [0.15, 0.2) is 35.6 Å². The first kappa shape index (κ1) is 28.5. The normalized spacial score (nSPS) is 11.6. The van der Waals surface area contributed by atoms with Crippen LogP contribution >= 0.6 is 0 Å². The molecule has 0 saturated heterocycles. The number of aromatic hydroxyl groups is 4. The summed E-state index contributed by atoms with van der Waals surface area (Å²) < 4.78 is 10.8. The molecule has 0 atom stereocenters. The molecule has 0 spiro atoms. The zero-order valence-corrected chi connectivity index (χ0v) is 23.9. The molecule has 0 heterocycles. The van der Waals surface area contributed by atoms with Gasteiger partial charge in [0, 0.05) is 33.0 Å². The van der Waals surface area contributed by atoms with Crippen molar-refractivity contribution in [1.82, 2.24) is 0 Å². The van der Waals surface area contributed by atoms with E-state index in [0.29, 0.717) is 45.6 Å². The third-order valence-electron chi connectivity index (χ3n) is 7.59. The maximum Gasteiger partial charge on any atom is 0.172 e. The first-order valence-electron chi connectivity index (χ1n) is 13.0. The molecule has 40 heavy (non-hydrogen) atoms. The molecule has 0 amide bonds. The van der Waals surface area contributed by atoms with Crippen LogP contribution in [0.5, 0.6) is 34.5 Å². The predicted octanol–water partition coefficient (Wildman–Crippen LogP) is 6.99. The van der Waals surface area contributed by atoms with Gasteiger partial charge in [0.05, 0.1) is 25.3 Å². The molecular weight excluding hydrogens is 512 g/mol. The van der Waals surface area contributed by atoms with Crippen molar-refractivity contribution >= 4 is 34.1 Å². The average Bonchev–Trinajstić information content (AvgIpc) is 2.88. The van der Waals surface area contributed by atoms with E-state index in [1.165, 1.54) is 14.2 Å². The maximum atomic E-state index is 12.3. The molecule has 8 nitrogen and oxygen atoms in total. The fourth-order valence-corrected chi connectivity index (χ4v) is 5.99. The van der Waals surface area contributed by atoms with Crippen LogP contribution in [0.2, 0.25) is 0 Å². The predicted molar refractivity (Wildman–Crippen MR) is 155 cm³/mol. The lowest BCUT2D eigenvalue weighted by atomic mass is 9.83. The van der Waals surface area contributed by atoms with E-state index in [1.54, 1.807) is 26.0 Å². The fourth-order valence-electron chi connectivity index (χ4n) is 5.99. The summed E-state index contributed by atoms with van der Waals surface area (Å²) in [6.07, 6.45) is 1.04. The second kappa shape index (κ2) is 10.3. The summed E-state index contributed by atoms with van der Waals surface area (Å²) in [6, 6.07) is 3.51. The van der Waals surface area contributed by atoms with Gasteiger partial charge in [-0.15, -0.1) is 0 Å². The summed E-state index contributed by atoms with van der Waals surface area (Å²) in [4.78, 5) is 24.6. The van der Waals surface area contributed by atoms with Crippen LogP contribution in [0.25, 0.3) is 32.7 Å². The Bertz CT molecular complexity index is 1590. The molecule has 8 heteroatoms. The van der Waals surface area contributed by atoms with Gasteiger partial charge >= 0.3 is 0 Å². The summed E-state index contributed by atoms with van der Waals surface area (Å²) in [5.41, 5.74) is 2.59. The molecule has 0 fully saturated rings. The van der Waals surface area contributed by atoms with Gasteiger partial charge in [-0.25, -0.2) is 0 Å². The number of phenolic OH excluding ortho intramolecular Hbond substituents is 4. The molecule has 0 radical (unpaired) electrons. The quantitative estimate of drug-likeness (QED) is 0.182. The van der Waals surface area contributed by atoms with Gasteiger partial charge in [0.2, 0.25) is 0 Å². The number of aryl methyl sites for hydroxylation is 2. The van der Waals surface area contributed by atoms with Crippen LogP contribution in [0, 0.1) is 13.8 Å². The van der Waals surface area contributed by atoms with Crippen molar-refractivity contribution in [3.05, 3.63) is 45.5 Å². The second-order valence-electron chi connectivity index (χ2n) is 10.6. The minimum Gasteiger partial charge on any atom is -0.507 e. The molecular formula is C32H34O8. The van der Waals surface area contributed by atoms with Crippen LogP contribution < -0.4 is 9.47 Å². The summed E-state index contributed by atoms with van der Waals surface area (Å²) in [6.45, 7) is 11.0. The summed E-state index contributed by atoms with van der Waals surface area (Å²) in [5.74, 6) is -1.37. The number of rotatable bonds is 7. The largest absolute Gasteiger partial charge is 0.507 e. The third-order valence-corrected chi connectivity index (χ3v) is 7.59. The number of hydrogen-bond acceptors (Lipinski definition) is 8. The molecule has 4 aromatic rings. The van der Waals surface area contributed by atoms with Crippen LogP contribution in [0.3, 0.4) is 0 Å². The zero-order chi connectivity index (χ0) is 29.8. The molecule has 0 bridgehead atoms. The Kier molecular flexibility index (Phi) is 7.32. The minimum atomic E-state index is -0.280. The Balaban J connectivity index is 2.29. The van der Waals surface area contributed by atoms with E-state index in [9.17, 15) is 30.0 Å². The van der Waals surface area contributed by atoms with Gasteiger partial charge in [-0.1, -0.05) is 39.8 Å². The molecule has 0 aromatic heterocycles. The second-order valence-corrected chi connectivity index (χ2v) is 10.6. The van der Waals surface area contributed by atoms with Crippen LogP contribution in [0.4, 0.5) is 0 Å². The molecule has 4 rings (SSSR count). The summed E-state index contributed by atoms with van der Waals surface area (Å²) in [5, 5.41) is 46.9. The number of methoxy groups -OCH3 is 2. The molecule has 0 saturated carbocycles. The standard InChI is InChI=1S/C32H34O8/c1-13(2)21-17-9-15(5)23(27(35)25(17)19(11-33)31(39-7)29(21)37)24-16(6)10-18-22(14(3)4)30(38)32(40-8)20(12-34)26(18)28(24)36/h9-14,35-38H,1-8H3. The number of benzene rings is 4. The molecule has 4 N–H and O–H groups in total. The van der Waals surface area contributed by atoms with Crippen molar-refractivity contribution in [2.75, 3.05) is 14.2 Å². The Morgan fingerprint density at radius 2 is 0.950 bits per heavy atom. The number of carbonyl (C=O) groups is 2. The molecule has 4 aromatic carbocycles. The van der Waals surface area contributed by atoms with Crippen molar-refractivity contribution in [3.8, 4) is 45.6 Å². The number of phenols is 4. The van der Waals surface area contributed by atoms with Crippen LogP contribution in [0.1, 0.15) is 82.5 Å². The van der Waals surface area contributed by atoms with Gasteiger partial charge in [-0.05, 0) is 47.6 Å². The molecule has 0 aliphatic rings. The highest BCUT2D eigenvalue weighted by molar-refractivity contribution is 6.14. The van der Waals surface area contributed by atoms with E-state index >= 15 is 0 Å². The number of carbonyl (C=O) groups excluding carboxylic acids is 2. The third kappa shape index (κ3) is 3.89. The van der Waals surface area contributed by atoms with E-state index in [1.807, 2.05) is 27.7 Å². The van der Waals surface area contributed by atoms with Gasteiger partial charge < -0.3 is 29.9 Å². The maximum absolute atomic E-state index is 12.3. The fraction of sp³-hybridized carbons (Fsp3) is 0.312. The first-order valence-corrected chi connectivity index (χ1v) is 13.0. The van der Waals surface area contributed by atoms with E-state index < -0.39 is 0 Å². The van der Waals surface area contributed by atoms with E-state index in [4.69, 9.17) is 9.47 Å². The lowest BCUT2D eigenvalue weighted by molar-refractivity contribution is 0.111. The summed E-state index contributed by atoms with van der Waals surface area (Å²) >= 11 is 0. The SMILES string of the molecule is COc1c(O)c(C(C)C)c2cc(C)c(-c3c(C)cc4c(C(C)C)c(O)c(OC)c(C=O)c4c3O)c(O)c2c1C=O. The molecule has 210 valence electrons. The van der Waals surface area contributed by atoms with Crippen molar-refractivity contribution in [1.29, 1.82) is 0 Å². The van der Waals surface area contributed by atoms with Crippen molar-refractivity contribution in [2.45, 2.75) is 53.4 Å². The van der Waals surface area contributed by atoms with Crippen molar-refractivity contribution < 1.29 is 39.5 Å². The Labute approximate surface area is 232 Å². The van der Waals surface area contributed by atoms with Crippen LogP contribution in [-0.2, 0) is 0 Å². The molecule has 0 aliphatic heterocycles. The highest BCUT2D eigenvalue weighted by Crippen LogP contribution is 2.54. The Morgan fingerprint density at radius 3 is 1.20 bits per heavy atom. The van der Waals surface area contributed by atoms with Gasteiger partial charge in [0.1, 0.15) is 11.5 Å². The van der Waals surface area contributed by atoms with Crippen LogP contribution in [-0.4, -0.2) is 47.2 Å². The van der Waals surface area contributed by atoms with E-state index in [2.05, 4.69) is 0 Å². The number of aldehydes is 2. The summed E-state index contributed by atoms with van der Waals surface area (Å²) in [7, 11) is 2.67. The number of hydrogen-bond donors (Lipinski definition) is 4. The number of ether oxygens (including phenoxy) is 2. The molecule has 0 unspecified atom stereocenters. The van der Waals surface area contributed by atoms with Gasteiger partial charge in [-0.2, -0.15) is 0 Å². The Morgan fingerprint density at radius 1 is 0.625 bits per heavy atom. The zero-order valence-electron chi connectivity index (χ0n) is 23.9. The average molecular weight is 547 g/mol. The highest BCUT2D eigenvalue weighted by atomic mass is 16.5. The van der Waals surface area contributed by atoms with E-state index in [-0.39, 0.29) is 79.4 Å². The Hall–Kier alpha value is -4.46. The first-order chi connectivity index (χ1) is 18.9. The molecule has 0 aliphatic carbocycles. The minimum absolute atomic E-state index is 0.0293. The lowest BCUT2D eigenvalue weighted by Crippen LogP contribution is -2.03. The lowest BCUT2D eigenvalue weighted by Gasteiger charge is -2.24. The van der Waals surface area contributed by atoms with Gasteiger partial charge in [-0.3, -0.25) is 9.59 Å². The van der Waals surface area contributed by atoms with Gasteiger partial charge in [0.25, 0.3) is 0 Å². The smallest absolute Gasteiger partial charge is 0.172 e. The monoisotopic (exact) mass is 546 g/mol.